The van der Waals surface area contributed by atoms with E-state index in [4.69, 9.17) is 4.74 Å². The van der Waals surface area contributed by atoms with E-state index >= 15 is 0 Å². The van der Waals surface area contributed by atoms with Crippen molar-refractivity contribution >= 4 is 0 Å². The van der Waals surface area contributed by atoms with Gasteiger partial charge in [-0.25, -0.2) is 0 Å². The zero-order valence-corrected chi connectivity index (χ0v) is 11.1. The van der Waals surface area contributed by atoms with Crippen molar-refractivity contribution in [2.75, 3.05) is 7.11 Å². The van der Waals surface area contributed by atoms with Crippen LogP contribution in [0.4, 0.5) is 0 Å². The first-order chi connectivity index (χ1) is 7.16. The Kier molecular flexibility index (Phi) is 14.6. The summed E-state index contributed by atoms with van der Waals surface area (Å²) in [5.41, 5.74) is 1.22. The zero-order valence-electron chi connectivity index (χ0n) is 11.1. The van der Waals surface area contributed by atoms with Gasteiger partial charge in [-0.1, -0.05) is 65.0 Å². The molecule has 0 aliphatic rings. The molecule has 0 fully saturated rings. The first-order valence-corrected chi connectivity index (χ1v) is 5.69. The first kappa shape index (κ1) is 16.6. The normalized spacial score (nSPS) is 8.47. The largest absolute Gasteiger partial charge is 0.380 e. The van der Waals surface area contributed by atoms with Gasteiger partial charge in [0.1, 0.15) is 0 Å². The fourth-order valence-electron chi connectivity index (χ4n) is 0.741. The van der Waals surface area contributed by atoms with Crippen LogP contribution in [0.1, 0.15) is 40.2 Å². The van der Waals surface area contributed by atoms with E-state index < -0.39 is 0 Å². The zero-order chi connectivity index (χ0) is 12.1. The quantitative estimate of drug-likeness (QED) is 0.697. The van der Waals surface area contributed by atoms with Gasteiger partial charge in [0.25, 0.3) is 0 Å². The third kappa shape index (κ3) is 15.9. The molecule has 0 saturated heterocycles. The smallest absolute Gasteiger partial charge is 0.0713 e. The minimum absolute atomic E-state index is 0.709. The summed E-state index contributed by atoms with van der Waals surface area (Å²) in [7, 11) is 1.70. The number of rotatable bonds is 2. The Hall–Kier alpha value is -0.820. The lowest BCUT2D eigenvalue weighted by Crippen LogP contribution is -1.84. The highest BCUT2D eigenvalue weighted by Gasteiger charge is 1.84. The molecule has 0 N–H and O–H groups in total. The molecule has 88 valence electrons. The topological polar surface area (TPSA) is 9.23 Å². The molecule has 0 heterocycles. The van der Waals surface area contributed by atoms with Crippen molar-refractivity contribution < 1.29 is 4.74 Å². The van der Waals surface area contributed by atoms with Crippen LogP contribution in [0, 0.1) is 5.92 Å². The maximum Gasteiger partial charge on any atom is 0.0713 e. The lowest BCUT2D eigenvalue weighted by atomic mass is 10.2. The Morgan fingerprint density at radius 3 is 1.73 bits per heavy atom. The van der Waals surface area contributed by atoms with Gasteiger partial charge in [0.05, 0.1) is 6.61 Å². The number of methoxy groups -OCH3 is 1. The minimum Gasteiger partial charge on any atom is -0.380 e. The van der Waals surface area contributed by atoms with Gasteiger partial charge in [-0.2, -0.15) is 0 Å². The Balaban J connectivity index is 0. The van der Waals surface area contributed by atoms with E-state index in [2.05, 4.69) is 20.8 Å². The predicted octanol–water partition coefficient (Wildman–Crippen LogP) is 4.52. The number of hydrogen-bond donors (Lipinski definition) is 0. The SMILES string of the molecule is CC.CC(C)C.COCc1ccccc1. The average molecular weight is 210 g/mol. The molecule has 1 heteroatoms. The molecule has 0 saturated carbocycles. The van der Waals surface area contributed by atoms with Gasteiger partial charge in [-0.15, -0.1) is 0 Å². The molecular weight excluding hydrogens is 184 g/mol. The van der Waals surface area contributed by atoms with E-state index in [0.717, 1.165) is 5.92 Å². The van der Waals surface area contributed by atoms with Crippen LogP contribution in [-0.2, 0) is 11.3 Å². The number of hydrogen-bond acceptors (Lipinski definition) is 1. The van der Waals surface area contributed by atoms with Crippen LogP contribution in [0.25, 0.3) is 0 Å². The highest BCUT2D eigenvalue weighted by Crippen LogP contribution is 1.98. The van der Waals surface area contributed by atoms with Crippen molar-refractivity contribution in [1.29, 1.82) is 0 Å². The van der Waals surface area contributed by atoms with Crippen LogP contribution in [0.5, 0.6) is 0 Å². The van der Waals surface area contributed by atoms with E-state index in [-0.39, 0.29) is 0 Å². The van der Waals surface area contributed by atoms with Gasteiger partial charge in [0, 0.05) is 7.11 Å². The van der Waals surface area contributed by atoms with Crippen molar-refractivity contribution in [2.45, 2.75) is 41.2 Å². The van der Waals surface area contributed by atoms with Crippen LogP contribution in [-0.4, -0.2) is 7.11 Å². The molecule has 0 aromatic heterocycles. The third-order valence-electron chi connectivity index (χ3n) is 1.15. The molecule has 1 aromatic carbocycles. The van der Waals surface area contributed by atoms with E-state index in [1.54, 1.807) is 7.11 Å². The standard InChI is InChI=1S/C8H10O.C4H10.C2H6/c1-9-7-8-5-3-2-4-6-8;1-4(2)3;1-2/h2-6H,7H2,1H3;4H,1-3H3;1-2H3. The maximum absolute atomic E-state index is 4.93. The van der Waals surface area contributed by atoms with Gasteiger partial charge in [0.15, 0.2) is 0 Å². The Bertz CT molecular complexity index is 189. The average Bonchev–Trinajstić information content (AvgIpc) is 2.22. The minimum atomic E-state index is 0.709. The molecule has 0 aliphatic heterocycles. The molecule has 1 aromatic rings. The van der Waals surface area contributed by atoms with Gasteiger partial charge in [-0.3, -0.25) is 0 Å². The molecule has 0 spiro atoms. The molecule has 0 amide bonds. The van der Waals surface area contributed by atoms with Gasteiger partial charge in [-0.05, 0) is 11.5 Å². The second kappa shape index (κ2) is 13.2. The molecule has 0 unspecified atom stereocenters. The molecule has 1 nitrogen and oxygen atoms in total. The van der Waals surface area contributed by atoms with Crippen LogP contribution < -0.4 is 0 Å². The predicted molar refractivity (Wildman–Crippen MR) is 69.0 cm³/mol. The molecule has 0 aliphatic carbocycles. The van der Waals surface area contributed by atoms with Crippen molar-refractivity contribution in [2.24, 2.45) is 5.92 Å². The van der Waals surface area contributed by atoms with Crippen molar-refractivity contribution in [3.05, 3.63) is 35.9 Å². The summed E-state index contributed by atoms with van der Waals surface area (Å²) in [6, 6.07) is 10.1. The molecule has 1 rings (SSSR count). The molecule has 15 heavy (non-hydrogen) atoms. The Labute approximate surface area is 95.5 Å². The summed E-state index contributed by atoms with van der Waals surface area (Å²) >= 11 is 0. The molecule has 0 bridgehead atoms. The van der Waals surface area contributed by atoms with E-state index in [1.165, 1.54) is 5.56 Å². The lowest BCUT2D eigenvalue weighted by molar-refractivity contribution is 0.185. The number of ether oxygens (including phenoxy) is 1. The molecular formula is C14H26O. The fraction of sp³-hybridized carbons (Fsp3) is 0.571. The molecule has 0 radical (unpaired) electrons. The highest BCUT2D eigenvalue weighted by molar-refractivity contribution is 5.13. The van der Waals surface area contributed by atoms with E-state index in [1.807, 2.05) is 44.2 Å². The summed E-state index contributed by atoms with van der Waals surface area (Å²) < 4.78 is 4.93. The Morgan fingerprint density at radius 1 is 1.00 bits per heavy atom. The third-order valence-corrected chi connectivity index (χ3v) is 1.15. The van der Waals surface area contributed by atoms with Gasteiger partial charge in [0.2, 0.25) is 0 Å². The van der Waals surface area contributed by atoms with Crippen LogP contribution in [0.15, 0.2) is 30.3 Å². The van der Waals surface area contributed by atoms with Crippen molar-refractivity contribution in [3.63, 3.8) is 0 Å². The summed E-state index contributed by atoms with van der Waals surface area (Å²) in [6.07, 6.45) is 0. The van der Waals surface area contributed by atoms with Crippen LogP contribution >= 0.6 is 0 Å². The first-order valence-electron chi connectivity index (χ1n) is 5.69. The second-order valence-electron chi connectivity index (χ2n) is 3.65. The molecule has 0 atom stereocenters. The fourth-order valence-corrected chi connectivity index (χ4v) is 0.741. The summed E-state index contributed by atoms with van der Waals surface area (Å²) in [5, 5.41) is 0. The number of benzene rings is 1. The second-order valence-corrected chi connectivity index (χ2v) is 3.65. The lowest BCUT2D eigenvalue weighted by Gasteiger charge is -1.95. The highest BCUT2D eigenvalue weighted by atomic mass is 16.5. The summed E-state index contributed by atoms with van der Waals surface area (Å²) in [5.74, 6) is 0.833. The van der Waals surface area contributed by atoms with Crippen molar-refractivity contribution in [3.8, 4) is 0 Å². The summed E-state index contributed by atoms with van der Waals surface area (Å²) in [6.45, 7) is 11.2. The summed E-state index contributed by atoms with van der Waals surface area (Å²) in [4.78, 5) is 0. The van der Waals surface area contributed by atoms with Gasteiger partial charge >= 0.3 is 0 Å². The van der Waals surface area contributed by atoms with Crippen LogP contribution in [0.2, 0.25) is 0 Å². The maximum atomic E-state index is 4.93. The Morgan fingerprint density at radius 2 is 1.40 bits per heavy atom. The van der Waals surface area contributed by atoms with E-state index in [0.29, 0.717) is 6.61 Å². The monoisotopic (exact) mass is 210 g/mol. The van der Waals surface area contributed by atoms with Crippen molar-refractivity contribution in [1.82, 2.24) is 0 Å². The van der Waals surface area contributed by atoms with Gasteiger partial charge < -0.3 is 4.74 Å². The van der Waals surface area contributed by atoms with E-state index in [9.17, 15) is 0 Å². The van der Waals surface area contributed by atoms with Crippen LogP contribution in [0.3, 0.4) is 0 Å².